The van der Waals surface area contributed by atoms with Crippen molar-refractivity contribution in [2.24, 2.45) is 0 Å². The second kappa shape index (κ2) is 7.83. The third-order valence-electron chi connectivity index (χ3n) is 4.39. The van der Waals surface area contributed by atoms with Crippen LogP contribution in [0.25, 0.3) is 0 Å². The molecular weight excluding hydrogens is 316 g/mol. The largest absolute Gasteiger partial charge is 0.496 e. The molecule has 0 aliphatic carbocycles. The highest BCUT2D eigenvalue weighted by molar-refractivity contribution is 5.90. The van der Waals surface area contributed by atoms with Crippen LogP contribution in [0.3, 0.4) is 0 Å². The average molecular weight is 338 g/mol. The first-order valence-electron chi connectivity index (χ1n) is 8.41. The highest BCUT2D eigenvalue weighted by atomic mass is 16.5. The zero-order valence-corrected chi connectivity index (χ0v) is 14.3. The first-order chi connectivity index (χ1) is 12.2. The minimum absolute atomic E-state index is 0.0165. The van der Waals surface area contributed by atoms with E-state index in [0.29, 0.717) is 25.3 Å². The lowest BCUT2D eigenvalue weighted by molar-refractivity contribution is -0.132. The molecule has 130 valence electrons. The number of carbonyl (C=O) groups is 2. The second-order valence-corrected chi connectivity index (χ2v) is 6.14. The van der Waals surface area contributed by atoms with Crippen molar-refractivity contribution in [3.8, 4) is 5.75 Å². The van der Waals surface area contributed by atoms with Gasteiger partial charge in [0, 0.05) is 18.7 Å². The smallest absolute Gasteiger partial charge is 0.245 e. The number of likely N-dealkylation sites (tertiary alicyclic amines) is 1. The summed E-state index contributed by atoms with van der Waals surface area (Å²) in [6.45, 7) is 1.24. The van der Waals surface area contributed by atoms with E-state index in [4.69, 9.17) is 4.74 Å². The molecule has 0 aromatic heterocycles. The number of nitrogens with zero attached hydrogens (tertiary/aromatic N) is 1. The SMILES string of the molecule is COc1ccccc1CC(=O)N[C@H]1CCN(Cc2ccccc2)C1=O. The van der Waals surface area contributed by atoms with Crippen LogP contribution in [0, 0.1) is 0 Å². The van der Waals surface area contributed by atoms with E-state index in [9.17, 15) is 9.59 Å². The van der Waals surface area contributed by atoms with Crippen molar-refractivity contribution in [1.29, 1.82) is 0 Å². The van der Waals surface area contributed by atoms with Gasteiger partial charge < -0.3 is 15.0 Å². The van der Waals surface area contributed by atoms with Crippen molar-refractivity contribution in [2.75, 3.05) is 13.7 Å². The lowest BCUT2D eigenvalue weighted by atomic mass is 10.1. The fraction of sp³-hybridized carbons (Fsp3) is 0.300. The summed E-state index contributed by atoms with van der Waals surface area (Å²) in [4.78, 5) is 26.6. The Morgan fingerprint density at radius 1 is 1.16 bits per heavy atom. The summed E-state index contributed by atoms with van der Waals surface area (Å²) in [6, 6.07) is 16.9. The molecule has 1 N–H and O–H groups in total. The molecule has 0 radical (unpaired) electrons. The van der Waals surface area contributed by atoms with Gasteiger partial charge in [0.2, 0.25) is 11.8 Å². The minimum Gasteiger partial charge on any atom is -0.496 e. The van der Waals surface area contributed by atoms with Gasteiger partial charge in [0.15, 0.2) is 0 Å². The number of carbonyl (C=O) groups excluding carboxylic acids is 2. The van der Waals surface area contributed by atoms with Gasteiger partial charge in [-0.05, 0) is 18.1 Å². The molecule has 2 amide bonds. The fourth-order valence-electron chi connectivity index (χ4n) is 3.10. The van der Waals surface area contributed by atoms with Gasteiger partial charge in [-0.1, -0.05) is 48.5 Å². The molecule has 1 atom stereocenters. The van der Waals surface area contributed by atoms with E-state index >= 15 is 0 Å². The number of amides is 2. The summed E-state index contributed by atoms with van der Waals surface area (Å²) in [5, 5.41) is 2.86. The van der Waals surface area contributed by atoms with Crippen LogP contribution in [0.15, 0.2) is 54.6 Å². The molecule has 5 nitrogen and oxygen atoms in total. The number of hydrogen-bond acceptors (Lipinski definition) is 3. The number of ether oxygens (including phenoxy) is 1. The van der Waals surface area contributed by atoms with E-state index in [1.807, 2.05) is 54.6 Å². The van der Waals surface area contributed by atoms with Gasteiger partial charge in [-0.15, -0.1) is 0 Å². The van der Waals surface area contributed by atoms with Crippen LogP contribution in [0.4, 0.5) is 0 Å². The maximum Gasteiger partial charge on any atom is 0.245 e. The zero-order chi connectivity index (χ0) is 17.6. The maximum atomic E-state index is 12.5. The molecule has 2 aromatic rings. The van der Waals surface area contributed by atoms with Gasteiger partial charge >= 0.3 is 0 Å². The molecule has 1 heterocycles. The monoisotopic (exact) mass is 338 g/mol. The summed E-state index contributed by atoms with van der Waals surface area (Å²) in [5.74, 6) is 0.503. The van der Waals surface area contributed by atoms with Crippen molar-refractivity contribution in [1.82, 2.24) is 10.2 Å². The molecule has 0 saturated carbocycles. The quantitative estimate of drug-likeness (QED) is 0.878. The van der Waals surface area contributed by atoms with Crippen LogP contribution in [0.1, 0.15) is 17.5 Å². The molecule has 1 fully saturated rings. The first kappa shape index (κ1) is 17.0. The third kappa shape index (κ3) is 4.18. The van der Waals surface area contributed by atoms with Crippen molar-refractivity contribution < 1.29 is 14.3 Å². The molecule has 0 bridgehead atoms. The van der Waals surface area contributed by atoms with E-state index in [1.54, 1.807) is 12.0 Å². The molecule has 5 heteroatoms. The van der Waals surface area contributed by atoms with Crippen molar-refractivity contribution in [3.63, 3.8) is 0 Å². The maximum absolute atomic E-state index is 12.5. The lowest BCUT2D eigenvalue weighted by Gasteiger charge is -2.17. The van der Waals surface area contributed by atoms with Crippen LogP contribution >= 0.6 is 0 Å². The average Bonchev–Trinajstić information content (AvgIpc) is 2.96. The first-order valence-corrected chi connectivity index (χ1v) is 8.41. The Morgan fingerprint density at radius 2 is 1.88 bits per heavy atom. The van der Waals surface area contributed by atoms with Gasteiger partial charge in [0.05, 0.1) is 13.5 Å². The van der Waals surface area contributed by atoms with Crippen LogP contribution < -0.4 is 10.1 Å². The van der Waals surface area contributed by atoms with Crippen molar-refractivity contribution in [2.45, 2.75) is 25.4 Å². The fourth-order valence-corrected chi connectivity index (χ4v) is 3.10. The topological polar surface area (TPSA) is 58.6 Å². The standard InChI is InChI=1S/C20H22N2O3/c1-25-18-10-6-5-9-16(18)13-19(23)21-17-11-12-22(20(17)24)14-15-7-3-2-4-8-15/h2-10,17H,11-14H2,1H3,(H,21,23)/t17-/m0/s1. The summed E-state index contributed by atoms with van der Waals surface area (Å²) in [5.41, 5.74) is 1.91. The summed E-state index contributed by atoms with van der Waals surface area (Å²) >= 11 is 0. The highest BCUT2D eigenvalue weighted by Crippen LogP contribution is 2.19. The number of hydrogen-bond donors (Lipinski definition) is 1. The summed E-state index contributed by atoms with van der Waals surface area (Å²) < 4.78 is 5.27. The van der Waals surface area contributed by atoms with Crippen molar-refractivity contribution in [3.05, 3.63) is 65.7 Å². The number of nitrogens with one attached hydrogen (secondary N) is 1. The van der Waals surface area contributed by atoms with Gasteiger partial charge in [0.1, 0.15) is 11.8 Å². The number of rotatable bonds is 6. The normalized spacial score (nSPS) is 16.8. The third-order valence-corrected chi connectivity index (χ3v) is 4.39. The molecule has 3 rings (SSSR count). The van der Waals surface area contributed by atoms with Crippen LogP contribution in [-0.4, -0.2) is 36.4 Å². The van der Waals surface area contributed by atoms with Gasteiger partial charge in [-0.25, -0.2) is 0 Å². The number of benzene rings is 2. The predicted octanol–water partition coefficient (Wildman–Crippen LogP) is 2.16. The summed E-state index contributed by atoms with van der Waals surface area (Å²) in [6.07, 6.45) is 0.843. The van der Waals surface area contributed by atoms with Crippen LogP contribution in [0.5, 0.6) is 5.75 Å². The van der Waals surface area contributed by atoms with E-state index in [0.717, 1.165) is 11.1 Å². The Kier molecular flexibility index (Phi) is 5.33. The zero-order valence-electron chi connectivity index (χ0n) is 14.3. The molecule has 0 spiro atoms. The lowest BCUT2D eigenvalue weighted by Crippen LogP contribution is -2.41. The highest BCUT2D eigenvalue weighted by Gasteiger charge is 2.32. The van der Waals surface area contributed by atoms with Gasteiger partial charge in [0.25, 0.3) is 0 Å². The molecule has 0 unspecified atom stereocenters. The van der Waals surface area contributed by atoms with Crippen molar-refractivity contribution >= 4 is 11.8 Å². The van der Waals surface area contributed by atoms with E-state index in [2.05, 4.69) is 5.32 Å². The van der Waals surface area contributed by atoms with Crippen LogP contribution in [0.2, 0.25) is 0 Å². The molecule has 1 aliphatic heterocycles. The van der Waals surface area contributed by atoms with E-state index in [1.165, 1.54) is 0 Å². The van der Waals surface area contributed by atoms with Gasteiger partial charge in [-0.2, -0.15) is 0 Å². The Balaban J connectivity index is 1.56. The Hall–Kier alpha value is -2.82. The Labute approximate surface area is 147 Å². The Morgan fingerprint density at radius 3 is 2.64 bits per heavy atom. The predicted molar refractivity (Wildman–Crippen MR) is 95.1 cm³/mol. The van der Waals surface area contributed by atoms with E-state index in [-0.39, 0.29) is 18.2 Å². The molecule has 1 saturated heterocycles. The summed E-state index contributed by atoms with van der Waals surface area (Å²) in [7, 11) is 1.58. The molecule has 2 aromatic carbocycles. The molecule has 1 aliphatic rings. The minimum atomic E-state index is -0.439. The van der Waals surface area contributed by atoms with E-state index < -0.39 is 6.04 Å². The Bertz CT molecular complexity index is 746. The number of methoxy groups -OCH3 is 1. The van der Waals surface area contributed by atoms with Gasteiger partial charge in [-0.3, -0.25) is 9.59 Å². The van der Waals surface area contributed by atoms with Crippen LogP contribution in [-0.2, 0) is 22.6 Å². The second-order valence-electron chi connectivity index (χ2n) is 6.14. The molecular formula is C20H22N2O3. The number of para-hydroxylation sites is 1. The molecule has 25 heavy (non-hydrogen) atoms.